The van der Waals surface area contributed by atoms with Crippen LogP contribution in [0.4, 0.5) is 5.69 Å². The second-order valence-corrected chi connectivity index (χ2v) is 4.28. The Morgan fingerprint density at radius 1 is 1.50 bits per heavy atom. The lowest BCUT2D eigenvalue weighted by Crippen LogP contribution is -2.12. The Morgan fingerprint density at radius 3 is 3.07 bits per heavy atom. The van der Waals surface area contributed by atoms with Crippen molar-refractivity contribution in [3.05, 3.63) is 24.3 Å². The highest BCUT2D eigenvalue weighted by molar-refractivity contribution is 8.00. The highest BCUT2D eigenvalue weighted by atomic mass is 32.2. The van der Waals surface area contributed by atoms with E-state index in [1.165, 1.54) is 0 Å². The average molecular weight is 207 g/mol. The van der Waals surface area contributed by atoms with Crippen molar-refractivity contribution in [3.8, 4) is 0 Å². The zero-order valence-electron chi connectivity index (χ0n) is 7.38. The first-order valence-electron chi connectivity index (χ1n) is 4.27. The molecule has 0 radical (unpaired) electrons. The lowest BCUT2D eigenvalue weighted by molar-refractivity contribution is -0.136. The Morgan fingerprint density at radius 2 is 2.29 bits per heavy atom. The molecule has 72 valence electrons. The van der Waals surface area contributed by atoms with Crippen LogP contribution in [0.3, 0.4) is 0 Å². The lowest BCUT2D eigenvalue weighted by atomic mass is 10.3. The van der Waals surface area contributed by atoms with Gasteiger partial charge in [0.1, 0.15) is 0 Å². The topological polar surface area (TPSA) is 49.7 Å². The van der Waals surface area contributed by atoms with Gasteiger partial charge in [-0.15, -0.1) is 11.8 Å². The van der Waals surface area contributed by atoms with Crippen LogP contribution in [-0.4, -0.2) is 22.5 Å². The molecule has 1 aromatic rings. The molecule has 1 aromatic carbocycles. The van der Waals surface area contributed by atoms with E-state index in [-0.39, 0.29) is 11.7 Å². The summed E-state index contributed by atoms with van der Waals surface area (Å²) in [4.78, 5) is 15.8. The van der Waals surface area contributed by atoms with Crippen molar-refractivity contribution < 1.29 is 9.90 Å². The molecule has 1 aliphatic heterocycles. The minimum Gasteiger partial charge on any atom is -0.481 e. The summed E-state index contributed by atoms with van der Waals surface area (Å²) in [5, 5.41) is 8.60. The normalized spacial score (nSPS) is 19.0. The van der Waals surface area contributed by atoms with Gasteiger partial charge >= 0.3 is 5.97 Å². The summed E-state index contributed by atoms with van der Waals surface area (Å²) >= 11 is 1.56. The number of aliphatic carboxylic acids is 1. The van der Waals surface area contributed by atoms with E-state index in [1.54, 1.807) is 18.0 Å². The number of aliphatic imine (C=N–C) groups is 1. The Bertz CT molecular complexity index is 389. The van der Waals surface area contributed by atoms with Crippen LogP contribution in [-0.2, 0) is 4.79 Å². The number of rotatable bonds is 2. The molecule has 14 heavy (non-hydrogen) atoms. The van der Waals surface area contributed by atoms with Gasteiger partial charge in [-0.1, -0.05) is 12.1 Å². The molecule has 0 aliphatic carbocycles. The maximum absolute atomic E-state index is 10.5. The van der Waals surface area contributed by atoms with Gasteiger partial charge in [0.2, 0.25) is 0 Å². The lowest BCUT2D eigenvalue weighted by Gasteiger charge is -2.15. The summed E-state index contributed by atoms with van der Waals surface area (Å²) in [6.07, 6.45) is 1.84. The van der Waals surface area contributed by atoms with Crippen LogP contribution in [0.15, 0.2) is 34.2 Å². The van der Waals surface area contributed by atoms with Crippen molar-refractivity contribution in [1.82, 2.24) is 0 Å². The van der Waals surface area contributed by atoms with Crippen molar-refractivity contribution in [2.75, 3.05) is 0 Å². The number of nitrogens with zero attached hydrogens (tertiary/aromatic N) is 1. The third-order valence-electron chi connectivity index (χ3n) is 1.90. The summed E-state index contributed by atoms with van der Waals surface area (Å²) in [6.45, 7) is 0. The molecule has 1 aliphatic rings. The molecular weight excluding hydrogens is 198 g/mol. The van der Waals surface area contributed by atoms with Crippen LogP contribution in [0.5, 0.6) is 0 Å². The van der Waals surface area contributed by atoms with Gasteiger partial charge in [0.25, 0.3) is 0 Å². The summed E-state index contributed by atoms with van der Waals surface area (Å²) in [5.74, 6) is -0.784. The van der Waals surface area contributed by atoms with E-state index in [1.807, 2.05) is 24.3 Å². The zero-order valence-corrected chi connectivity index (χ0v) is 8.20. The van der Waals surface area contributed by atoms with Crippen molar-refractivity contribution >= 4 is 29.6 Å². The molecule has 2 rings (SSSR count). The van der Waals surface area contributed by atoms with Crippen LogP contribution >= 0.6 is 11.8 Å². The summed E-state index contributed by atoms with van der Waals surface area (Å²) in [5.41, 5.74) is 0.930. The van der Waals surface area contributed by atoms with Crippen LogP contribution in [0, 0.1) is 0 Å². The minimum atomic E-state index is -0.784. The number of carboxylic acids is 1. The molecule has 0 saturated carbocycles. The van der Waals surface area contributed by atoms with E-state index in [0.717, 1.165) is 10.6 Å². The molecule has 0 aromatic heterocycles. The third kappa shape index (κ3) is 1.96. The SMILES string of the molecule is O=C(O)CC1C=Nc2ccccc2S1. The molecule has 1 N–H and O–H groups in total. The molecule has 0 fully saturated rings. The molecule has 1 heterocycles. The van der Waals surface area contributed by atoms with Gasteiger partial charge in [-0.25, -0.2) is 0 Å². The highest BCUT2D eigenvalue weighted by Crippen LogP contribution is 2.36. The van der Waals surface area contributed by atoms with Gasteiger partial charge < -0.3 is 5.11 Å². The van der Waals surface area contributed by atoms with Gasteiger partial charge in [0, 0.05) is 11.1 Å². The first kappa shape index (κ1) is 9.27. The fraction of sp³-hybridized carbons (Fsp3) is 0.200. The van der Waals surface area contributed by atoms with Gasteiger partial charge in [0.05, 0.1) is 17.4 Å². The fourth-order valence-electron chi connectivity index (χ4n) is 1.29. The first-order chi connectivity index (χ1) is 6.75. The van der Waals surface area contributed by atoms with Crippen LogP contribution in [0.2, 0.25) is 0 Å². The standard InChI is InChI=1S/C10H9NO2S/c12-10(13)5-7-6-11-8-3-1-2-4-9(8)14-7/h1-4,6-7H,5H2,(H,12,13). The van der Waals surface area contributed by atoms with Crippen LogP contribution in [0.1, 0.15) is 6.42 Å². The summed E-state index contributed by atoms with van der Waals surface area (Å²) in [7, 11) is 0. The molecule has 3 nitrogen and oxygen atoms in total. The highest BCUT2D eigenvalue weighted by Gasteiger charge is 2.17. The van der Waals surface area contributed by atoms with E-state index in [2.05, 4.69) is 4.99 Å². The summed E-state index contributed by atoms with van der Waals surface area (Å²) < 4.78 is 0. The maximum Gasteiger partial charge on any atom is 0.304 e. The number of para-hydroxylation sites is 1. The molecule has 0 saturated heterocycles. The quantitative estimate of drug-likeness (QED) is 0.809. The van der Waals surface area contributed by atoms with Crippen LogP contribution in [0.25, 0.3) is 0 Å². The Labute approximate surface area is 85.9 Å². The van der Waals surface area contributed by atoms with Crippen LogP contribution < -0.4 is 0 Å². The summed E-state index contributed by atoms with van der Waals surface area (Å²) in [6, 6.07) is 7.75. The monoisotopic (exact) mass is 207 g/mol. The van der Waals surface area contributed by atoms with E-state index in [0.29, 0.717) is 0 Å². The average Bonchev–Trinajstić information content (AvgIpc) is 2.17. The molecule has 0 bridgehead atoms. The van der Waals surface area contributed by atoms with E-state index in [4.69, 9.17) is 5.11 Å². The predicted molar refractivity (Wildman–Crippen MR) is 56.5 cm³/mol. The van der Waals surface area contributed by atoms with Crippen molar-refractivity contribution in [1.29, 1.82) is 0 Å². The van der Waals surface area contributed by atoms with E-state index >= 15 is 0 Å². The Kier molecular flexibility index (Phi) is 2.54. The third-order valence-corrected chi connectivity index (χ3v) is 3.09. The largest absolute Gasteiger partial charge is 0.481 e. The first-order valence-corrected chi connectivity index (χ1v) is 5.15. The number of fused-ring (bicyclic) bond motifs is 1. The number of hydrogen-bond acceptors (Lipinski definition) is 3. The molecule has 1 unspecified atom stereocenters. The molecule has 4 heteroatoms. The number of hydrogen-bond donors (Lipinski definition) is 1. The van der Waals surface area contributed by atoms with Gasteiger partial charge in [-0.3, -0.25) is 9.79 Å². The predicted octanol–water partition coefficient (Wildman–Crippen LogP) is 2.34. The molecular formula is C10H9NO2S. The zero-order chi connectivity index (χ0) is 9.97. The Balaban J connectivity index is 2.17. The van der Waals surface area contributed by atoms with Gasteiger partial charge in [0.15, 0.2) is 0 Å². The Hall–Kier alpha value is -1.29. The number of carboxylic acid groups (broad SMARTS) is 1. The fourth-order valence-corrected chi connectivity index (χ4v) is 2.36. The molecule has 1 atom stereocenters. The van der Waals surface area contributed by atoms with E-state index < -0.39 is 5.97 Å². The van der Waals surface area contributed by atoms with Crippen molar-refractivity contribution in [2.45, 2.75) is 16.6 Å². The second kappa shape index (κ2) is 3.84. The number of benzene rings is 1. The molecule has 0 amide bonds. The number of carbonyl (C=O) groups is 1. The molecule has 0 spiro atoms. The maximum atomic E-state index is 10.5. The second-order valence-electron chi connectivity index (χ2n) is 3.00. The van der Waals surface area contributed by atoms with E-state index in [9.17, 15) is 4.79 Å². The van der Waals surface area contributed by atoms with Crippen molar-refractivity contribution in [2.24, 2.45) is 4.99 Å². The number of thioether (sulfide) groups is 1. The van der Waals surface area contributed by atoms with Gasteiger partial charge in [-0.2, -0.15) is 0 Å². The van der Waals surface area contributed by atoms with Crippen molar-refractivity contribution in [3.63, 3.8) is 0 Å². The smallest absolute Gasteiger partial charge is 0.304 e. The van der Waals surface area contributed by atoms with Gasteiger partial charge in [-0.05, 0) is 12.1 Å². The minimum absolute atomic E-state index is 0.0394.